The molecule has 2 amide bonds. The van der Waals surface area contributed by atoms with Crippen molar-refractivity contribution < 1.29 is 19.1 Å². The van der Waals surface area contributed by atoms with Crippen LogP contribution in [0.2, 0.25) is 0 Å². The molecule has 1 saturated carbocycles. The first-order valence-electron chi connectivity index (χ1n) is 11.4. The maximum Gasteiger partial charge on any atom is 0.261 e. The van der Waals surface area contributed by atoms with E-state index >= 15 is 0 Å². The second kappa shape index (κ2) is 11.6. The largest absolute Gasteiger partial charge is 0.497 e. The molecule has 0 radical (unpaired) electrons. The molecule has 1 atom stereocenters. The Balaban J connectivity index is 1.74. The Morgan fingerprint density at radius 1 is 1.09 bits per heavy atom. The van der Waals surface area contributed by atoms with Crippen LogP contribution in [0, 0.1) is 6.92 Å². The summed E-state index contributed by atoms with van der Waals surface area (Å²) in [6.07, 6.45) is 4.84. The first-order valence-corrected chi connectivity index (χ1v) is 11.4. The summed E-state index contributed by atoms with van der Waals surface area (Å²) in [6, 6.07) is 14.8. The molecular weight excluding hydrogens is 404 g/mol. The van der Waals surface area contributed by atoms with Crippen molar-refractivity contribution in [1.82, 2.24) is 10.2 Å². The lowest BCUT2D eigenvalue weighted by atomic mass is 10.1. The quantitative estimate of drug-likeness (QED) is 0.602. The SMILES string of the molecule is CC[C@H](C(=O)NC1CCCC1)N(Cc1cccc(C)c1)C(=O)COc1ccc(OC)cc1. The molecule has 0 heterocycles. The topological polar surface area (TPSA) is 67.9 Å². The number of ether oxygens (including phenoxy) is 2. The first kappa shape index (κ1) is 23.6. The van der Waals surface area contributed by atoms with Gasteiger partial charge in [0.05, 0.1) is 7.11 Å². The van der Waals surface area contributed by atoms with E-state index in [2.05, 4.69) is 5.32 Å². The molecule has 6 heteroatoms. The van der Waals surface area contributed by atoms with Crippen molar-refractivity contribution in [2.45, 2.75) is 64.6 Å². The van der Waals surface area contributed by atoms with Crippen molar-refractivity contribution in [3.05, 3.63) is 59.7 Å². The molecular formula is C26H34N2O4. The lowest BCUT2D eigenvalue weighted by Crippen LogP contribution is -2.52. The average molecular weight is 439 g/mol. The Hall–Kier alpha value is -3.02. The van der Waals surface area contributed by atoms with Gasteiger partial charge in [-0.05, 0) is 56.0 Å². The minimum atomic E-state index is -0.539. The summed E-state index contributed by atoms with van der Waals surface area (Å²) in [6.45, 7) is 4.20. The highest BCUT2D eigenvalue weighted by Crippen LogP contribution is 2.20. The van der Waals surface area contributed by atoms with E-state index in [0.717, 1.165) is 42.6 Å². The van der Waals surface area contributed by atoms with Crippen LogP contribution >= 0.6 is 0 Å². The Labute approximate surface area is 190 Å². The predicted molar refractivity (Wildman–Crippen MR) is 125 cm³/mol. The Bertz CT molecular complexity index is 891. The van der Waals surface area contributed by atoms with Gasteiger partial charge < -0.3 is 19.7 Å². The number of hydrogen-bond acceptors (Lipinski definition) is 4. The van der Waals surface area contributed by atoms with Gasteiger partial charge in [0, 0.05) is 12.6 Å². The number of benzene rings is 2. The summed E-state index contributed by atoms with van der Waals surface area (Å²) < 4.78 is 10.9. The summed E-state index contributed by atoms with van der Waals surface area (Å²) in [5.41, 5.74) is 2.11. The number of carbonyl (C=O) groups excluding carboxylic acids is 2. The maximum absolute atomic E-state index is 13.3. The average Bonchev–Trinajstić information content (AvgIpc) is 3.30. The maximum atomic E-state index is 13.3. The molecule has 0 unspecified atom stereocenters. The van der Waals surface area contributed by atoms with Gasteiger partial charge in [-0.3, -0.25) is 9.59 Å². The van der Waals surface area contributed by atoms with Gasteiger partial charge in [-0.2, -0.15) is 0 Å². The van der Waals surface area contributed by atoms with Gasteiger partial charge in [0.1, 0.15) is 17.5 Å². The third-order valence-corrected chi connectivity index (χ3v) is 5.94. The number of rotatable bonds is 10. The van der Waals surface area contributed by atoms with Gasteiger partial charge in [0.2, 0.25) is 5.91 Å². The van der Waals surface area contributed by atoms with Crippen molar-refractivity contribution in [3.63, 3.8) is 0 Å². The first-order chi connectivity index (χ1) is 15.5. The zero-order valence-corrected chi connectivity index (χ0v) is 19.3. The molecule has 2 aromatic carbocycles. The van der Waals surface area contributed by atoms with E-state index in [4.69, 9.17) is 9.47 Å². The van der Waals surface area contributed by atoms with E-state index < -0.39 is 6.04 Å². The summed E-state index contributed by atoms with van der Waals surface area (Å²) in [4.78, 5) is 28.0. The Kier molecular flexibility index (Phi) is 8.54. The fraction of sp³-hybridized carbons (Fsp3) is 0.462. The van der Waals surface area contributed by atoms with Crippen LogP contribution in [0.3, 0.4) is 0 Å². The summed E-state index contributed by atoms with van der Waals surface area (Å²) in [5, 5.41) is 3.16. The van der Waals surface area contributed by atoms with Crippen LogP contribution in [0.15, 0.2) is 48.5 Å². The predicted octanol–water partition coefficient (Wildman–Crippen LogP) is 4.25. The fourth-order valence-corrected chi connectivity index (χ4v) is 4.19. The van der Waals surface area contributed by atoms with Gasteiger partial charge in [-0.15, -0.1) is 0 Å². The van der Waals surface area contributed by atoms with E-state index in [0.29, 0.717) is 18.7 Å². The van der Waals surface area contributed by atoms with Crippen LogP contribution in [0.25, 0.3) is 0 Å². The van der Waals surface area contributed by atoms with Gasteiger partial charge in [-0.1, -0.05) is 49.6 Å². The van der Waals surface area contributed by atoms with Gasteiger partial charge in [0.15, 0.2) is 6.61 Å². The van der Waals surface area contributed by atoms with Crippen molar-refractivity contribution in [3.8, 4) is 11.5 Å². The van der Waals surface area contributed by atoms with E-state index in [9.17, 15) is 9.59 Å². The second-order valence-electron chi connectivity index (χ2n) is 8.39. The van der Waals surface area contributed by atoms with Crippen LogP contribution < -0.4 is 14.8 Å². The zero-order chi connectivity index (χ0) is 22.9. The van der Waals surface area contributed by atoms with Crippen molar-refractivity contribution >= 4 is 11.8 Å². The molecule has 32 heavy (non-hydrogen) atoms. The number of nitrogens with one attached hydrogen (secondary N) is 1. The van der Waals surface area contributed by atoms with Crippen LogP contribution in [-0.2, 0) is 16.1 Å². The van der Waals surface area contributed by atoms with Crippen LogP contribution in [0.4, 0.5) is 0 Å². The molecule has 3 rings (SSSR count). The third kappa shape index (κ3) is 6.49. The molecule has 0 bridgehead atoms. The minimum Gasteiger partial charge on any atom is -0.497 e. The smallest absolute Gasteiger partial charge is 0.261 e. The standard InChI is InChI=1S/C26H34N2O4/c1-4-24(26(30)27-21-10-5-6-11-21)28(17-20-9-7-8-19(2)16-20)25(29)18-32-23-14-12-22(31-3)13-15-23/h7-9,12-16,21,24H,4-6,10-11,17-18H2,1-3H3,(H,27,30)/t24-/m1/s1. The van der Waals surface area contributed by atoms with Gasteiger partial charge in [0.25, 0.3) is 5.91 Å². The zero-order valence-electron chi connectivity index (χ0n) is 19.3. The highest BCUT2D eigenvalue weighted by Gasteiger charge is 2.30. The molecule has 0 aliphatic heterocycles. The molecule has 0 spiro atoms. The number of nitrogens with zero attached hydrogens (tertiary/aromatic N) is 1. The number of carbonyl (C=O) groups is 2. The Morgan fingerprint density at radius 2 is 1.78 bits per heavy atom. The van der Waals surface area contributed by atoms with Crippen molar-refractivity contribution in [2.24, 2.45) is 0 Å². The lowest BCUT2D eigenvalue weighted by molar-refractivity contribution is -0.143. The molecule has 6 nitrogen and oxygen atoms in total. The van der Waals surface area contributed by atoms with Crippen LogP contribution in [-0.4, -0.2) is 42.5 Å². The van der Waals surface area contributed by atoms with Gasteiger partial charge in [-0.25, -0.2) is 0 Å². The summed E-state index contributed by atoms with van der Waals surface area (Å²) in [5.74, 6) is 1.01. The second-order valence-corrected chi connectivity index (χ2v) is 8.39. The molecule has 2 aromatic rings. The lowest BCUT2D eigenvalue weighted by Gasteiger charge is -2.31. The monoisotopic (exact) mass is 438 g/mol. The van der Waals surface area contributed by atoms with Crippen LogP contribution in [0.5, 0.6) is 11.5 Å². The Morgan fingerprint density at radius 3 is 2.41 bits per heavy atom. The number of hydrogen-bond donors (Lipinski definition) is 1. The molecule has 1 aliphatic carbocycles. The van der Waals surface area contributed by atoms with Crippen LogP contribution in [0.1, 0.15) is 50.2 Å². The molecule has 1 fully saturated rings. The highest BCUT2D eigenvalue weighted by atomic mass is 16.5. The molecule has 1 aliphatic rings. The fourth-order valence-electron chi connectivity index (χ4n) is 4.19. The summed E-state index contributed by atoms with van der Waals surface area (Å²) in [7, 11) is 1.60. The molecule has 0 aromatic heterocycles. The molecule has 172 valence electrons. The number of methoxy groups -OCH3 is 1. The van der Waals surface area contributed by atoms with Crippen molar-refractivity contribution in [2.75, 3.05) is 13.7 Å². The number of aryl methyl sites for hydroxylation is 1. The normalized spacial score (nSPS) is 14.6. The highest BCUT2D eigenvalue weighted by molar-refractivity contribution is 5.88. The van der Waals surface area contributed by atoms with E-state index in [1.165, 1.54) is 0 Å². The third-order valence-electron chi connectivity index (χ3n) is 5.94. The minimum absolute atomic E-state index is 0.0788. The van der Waals surface area contributed by atoms with E-state index in [1.54, 1.807) is 36.3 Å². The summed E-state index contributed by atoms with van der Waals surface area (Å²) >= 11 is 0. The van der Waals surface area contributed by atoms with Crippen molar-refractivity contribution in [1.29, 1.82) is 0 Å². The van der Waals surface area contributed by atoms with E-state index in [1.807, 2.05) is 38.1 Å². The molecule has 0 saturated heterocycles. The van der Waals surface area contributed by atoms with E-state index in [-0.39, 0.29) is 24.5 Å². The number of amides is 2. The molecule has 1 N–H and O–H groups in total. The van der Waals surface area contributed by atoms with Gasteiger partial charge >= 0.3 is 0 Å².